The molecule has 1 atom stereocenters. The topological polar surface area (TPSA) is 42.7 Å². The second-order valence-corrected chi connectivity index (χ2v) is 5.75. The number of pyridine rings is 1. The maximum atomic E-state index is 13.3. The Balaban J connectivity index is 1.97. The molecule has 1 aliphatic rings. The van der Waals surface area contributed by atoms with Crippen LogP contribution in [0.5, 0.6) is 0 Å². The van der Waals surface area contributed by atoms with Crippen molar-refractivity contribution in [2.75, 3.05) is 6.54 Å². The monoisotopic (exact) mass is 308 g/mol. The average Bonchev–Trinajstić information content (AvgIpc) is 2.97. The lowest BCUT2D eigenvalue weighted by atomic mass is 9.96. The second-order valence-electron chi connectivity index (χ2n) is 5.75. The predicted molar refractivity (Wildman–Crippen MR) is 87.3 cm³/mol. The minimum Gasteiger partial charge on any atom is -0.307 e. The Morgan fingerprint density at radius 1 is 1.09 bits per heavy atom. The molecular formula is C18H17FN4. The molecular weight excluding hydrogens is 291 g/mol. The fourth-order valence-corrected chi connectivity index (χ4v) is 3.18. The number of benzene rings is 1. The van der Waals surface area contributed by atoms with Crippen molar-refractivity contribution in [1.82, 2.24) is 20.1 Å². The van der Waals surface area contributed by atoms with Gasteiger partial charge in [0.2, 0.25) is 0 Å². The summed E-state index contributed by atoms with van der Waals surface area (Å²) in [5, 5.41) is 8.30. The number of rotatable bonds is 2. The number of nitrogens with zero attached hydrogens (tertiary/aromatic N) is 3. The van der Waals surface area contributed by atoms with Gasteiger partial charge in [-0.2, -0.15) is 5.10 Å². The van der Waals surface area contributed by atoms with E-state index in [2.05, 4.69) is 21.9 Å². The number of fused-ring (bicyclic) bond motifs is 1. The quantitative estimate of drug-likeness (QED) is 0.789. The molecule has 23 heavy (non-hydrogen) atoms. The van der Waals surface area contributed by atoms with E-state index in [1.807, 2.05) is 12.1 Å². The van der Waals surface area contributed by atoms with Gasteiger partial charge < -0.3 is 5.32 Å². The van der Waals surface area contributed by atoms with Gasteiger partial charge in [-0.05, 0) is 48.9 Å². The lowest BCUT2D eigenvalue weighted by Crippen LogP contribution is -2.32. The standard InChI is InChI=1S/C18H17FN4/c1-12-18-16(13-6-8-20-9-7-13)17(22-23(18)11-10-21-12)14-2-4-15(19)5-3-14/h2-9,12,21H,10-11H2,1H3/t12-/m1/s1. The van der Waals surface area contributed by atoms with Crippen molar-refractivity contribution >= 4 is 0 Å². The lowest BCUT2D eigenvalue weighted by molar-refractivity contribution is 0.421. The van der Waals surface area contributed by atoms with Crippen molar-refractivity contribution in [3.05, 3.63) is 60.3 Å². The van der Waals surface area contributed by atoms with Gasteiger partial charge in [-0.1, -0.05) is 0 Å². The van der Waals surface area contributed by atoms with Crippen molar-refractivity contribution in [3.8, 4) is 22.4 Å². The third-order valence-electron chi connectivity index (χ3n) is 4.26. The normalized spacial score (nSPS) is 17.0. The highest BCUT2D eigenvalue weighted by Gasteiger charge is 2.26. The minimum absolute atomic E-state index is 0.216. The Bertz CT molecular complexity index is 824. The number of hydrogen-bond acceptors (Lipinski definition) is 3. The van der Waals surface area contributed by atoms with E-state index in [0.717, 1.165) is 35.5 Å². The van der Waals surface area contributed by atoms with Crippen LogP contribution in [-0.4, -0.2) is 21.3 Å². The molecule has 0 aliphatic carbocycles. The van der Waals surface area contributed by atoms with Gasteiger partial charge in [0, 0.05) is 36.1 Å². The van der Waals surface area contributed by atoms with E-state index in [4.69, 9.17) is 5.10 Å². The van der Waals surface area contributed by atoms with E-state index in [0.29, 0.717) is 0 Å². The molecule has 2 aromatic heterocycles. The summed E-state index contributed by atoms with van der Waals surface area (Å²) >= 11 is 0. The molecule has 1 N–H and O–H groups in total. The zero-order valence-electron chi connectivity index (χ0n) is 12.8. The fourth-order valence-electron chi connectivity index (χ4n) is 3.18. The Labute approximate surface area is 134 Å². The third-order valence-corrected chi connectivity index (χ3v) is 4.26. The van der Waals surface area contributed by atoms with E-state index in [1.165, 1.54) is 17.8 Å². The maximum Gasteiger partial charge on any atom is 0.123 e. The number of halogens is 1. The van der Waals surface area contributed by atoms with Gasteiger partial charge in [-0.15, -0.1) is 0 Å². The van der Waals surface area contributed by atoms with Gasteiger partial charge in [0.15, 0.2) is 0 Å². The largest absolute Gasteiger partial charge is 0.307 e. The highest BCUT2D eigenvalue weighted by Crippen LogP contribution is 2.38. The van der Waals surface area contributed by atoms with Gasteiger partial charge in [-0.3, -0.25) is 9.67 Å². The van der Waals surface area contributed by atoms with Crippen LogP contribution in [0, 0.1) is 5.82 Å². The van der Waals surface area contributed by atoms with Crippen molar-refractivity contribution in [3.63, 3.8) is 0 Å². The Kier molecular flexibility index (Phi) is 3.42. The van der Waals surface area contributed by atoms with Crippen molar-refractivity contribution in [2.45, 2.75) is 19.5 Å². The summed E-state index contributed by atoms with van der Waals surface area (Å²) in [6.07, 6.45) is 3.57. The number of aromatic nitrogens is 3. The third kappa shape index (κ3) is 2.43. The molecule has 0 bridgehead atoms. The van der Waals surface area contributed by atoms with Crippen LogP contribution in [0.4, 0.5) is 4.39 Å². The van der Waals surface area contributed by atoms with Crippen LogP contribution in [0.3, 0.4) is 0 Å². The lowest BCUT2D eigenvalue weighted by Gasteiger charge is -2.23. The summed E-state index contributed by atoms with van der Waals surface area (Å²) < 4.78 is 15.3. The van der Waals surface area contributed by atoms with E-state index < -0.39 is 0 Å². The van der Waals surface area contributed by atoms with Crippen LogP contribution in [0.25, 0.3) is 22.4 Å². The highest BCUT2D eigenvalue weighted by atomic mass is 19.1. The number of hydrogen-bond donors (Lipinski definition) is 1. The Morgan fingerprint density at radius 2 is 1.83 bits per heavy atom. The van der Waals surface area contributed by atoms with Gasteiger partial charge in [-0.25, -0.2) is 4.39 Å². The van der Waals surface area contributed by atoms with Gasteiger partial charge >= 0.3 is 0 Å². The van der Waals surface area contributed by atoms with Crippen LogP contribution in [0.2, 0.25) is 0 Å². The molecule has 4 nitrogen and oxygen atoms in total. The first-order chi connectivity index (χ1) is 11.2. The minimum atomic E-state index is -0.238. The predicted octanol–water partition coefficient (Wildman–Crippen LogP) is 3.42. The molecule has 0 fully saturated rings. The molecule has 4 rings (SSSR count). The zero-order valence-corrected chi connectivity index (χ0v) is 12.8. The van der Waals surface area contributed by atoms with E-state index in [9.17, 15) is 4.39 Å². The Hall–Kier alpha value is -2.53. The SMILES string of the molecule is C[C@H]1NCCn2nc(-c3ccc(F)cc3)c(-c3ccncc3)c21. The van der Waals surface area contributed by atoms with E-state index in [-0.39, 0.29) is 11.9 Å². The number of nitrogens with one attached hydrogen (secondary N) is 1. The first kappa shape index (κ1) is 14.1. The van der Waals surface area contributed by atoms with Crippen LogP contribution in [-0.2, 0) is 6.54 Å². The van der Waals surface area contributed by atoms with Crippen LogP contribution in [0.1, 0.15) is 18.7 Å². The summed E-state index contributed by atoms with van der Waals surface area (Å²) in [7, 11) is 0. The molecule has 0 saturated heterocycles. The van der Waals surface area contributed by atoms with Gasteiger partial charge in [0.1, 0.15) is 11.5 Å². The maximum absolute atomic E-state index is 13.3. The van der Waals surface area contributed by atoms with Crippen molar-refractivity contribution < 1.29 is 4.39 Å². The highest BCUT2D eigenvalue weighted by molar-refractivity contribution is 5.83. The van der Waals surface area contributed by atoms with Crippen LogP contribution in [0.15, 0.2) is 48.8 Å². The summed E-state index contributed by atoms with van der Waals surface area (Å²) in [6, 6.07) is 10.7. The molecule has 0 saturated carbocycles. The van der Waals surface area contributed by atoms with Gasteiger partial charge in [0.05, 0.1) is 12.2 Å². The molecule has 0 amide bonds. The van der Waals surface area contributed by atoms with Gasteiger partial charge in [0.25, 0.3) is 0 Å². The molecule has 1 aliphatic heterocycles. The molecule has 0 spiro atoms. The second kappa shape index (κ2) is 5.59. The molecule has 116 valence electrons. The average molecular weight is 308 g/mol. The molecule has 3 aromatic rings. The summed E-state index contributed by atoms with van der Waals surface area (Å²) in [6.45, 7) is 3.87. The smallest absolute Gasteiger partial charge is 0.123 e. The van der Waals surface area contributed by atoms with Crippen LogP contribution >= 0.6 is 0 Å². The molecule has 0 unspecified atom stereocenters. The van der Waals surface area contributed by atoms with Crippen molar-refractivity contribution in [2.24, 2.45) is 0 Å². The molecule has 0 radical (unpaired) electrons. The van der Waals surface area contributed by atoms with Crippen molar-refractivity contribution in [1.29, 1.82) is 0 Å². The summed E-state index contributed by atoms with van der Waals surface area (Å²) in [4.78, 5) is 4.11. The van der Waals surface area contributed by atoms with Crippen LogP contribution < -0.4 is 5.32 Å². The summed E-state index contributed by atoms with van der Waals surface area (Å²) in [5.74, 6) is -0.238. The fraction of sp³-hybridized carbons (Fsp3) is 0.222. The first-order valence-electron chi connectivity index (χ1n) is 7.74. The van der Waals surface area contributed by atoms with E-state index >= 15 is 0 Å². The first-order valence-corrected chi connectivity index (χ1v) is 7.74. The van der Waals surface area contributed by atoms with E-state index in [1.54, 1.807) is 24.5 Å². The zero-order chi connectivity index (χ0) is 15.8. The molecule has 5 heteroatoms. The Morgan fingerprint density at radius 3 is 2.57 bits per heavy atom. The molecule has 3 heterocycles. The summed E-state index contributed by atoms with van der Waals surface area (Å²) in [5.41, 5.74) is 5.16. The molecule has 1 aromatic carbocycles.